The third-order valence-electron chi connectivity index (χ3n) is 5.99. The zero-order chi connectivity index (χ0) is 25.9. The van der Waals surface area contributed by atoms with Gasteiger partial charge in [-0.3, -0.25) is 10.2 Å². The van der Waals surface area contributed by atoms with Gasteiger partial charge in [0.1, 0.15) is 11.9 Å². The monoisotopic (exact) mass is 488 g/mol. The van der Waals surface area contributed by atoms with Gasteiger partial charge < -0.3 is 25.8 Å². The fourth-order valence-corrected chi connectivity index (χ4v) is 3.95. The Morgan fingerprint density at radius 3 is 2.31 bits per heavy atom. The van der Waals surface area contributed by atoms with E-state index in [1.165, 1.54) is 0 Å². The number of aliphatic hydroxyl groups excluding tert-OH is 1. The molecule has 1 saturated heterocycles. The lowest BCUT2D eigenvalue weighted by Crippen LogP contribution is -2.35. The van der Waals surface area contributed by atoms with Crippen LogP contribution in [0.2, 0.25) is 0 Å². The summed E-state index contributed by atoms with van der Waals surface area (Å²) in [5.41, 5.74) is 9.65. The maximum Gasteiger partial charge on any atom is 0.251 e. The molecule has 1 aliphatic rings. The van der Waals surface area contributed by atoms with E-state index in [1.807, 2.05) is 54.6 Å². The highest BCUT2D eigenvalue weighted by atomic mass is 16.5. The summed E-state index contributed by atoms with van der Waals surface area (Å²) < 4.78 is 6.11. The number of nitrogens with one attached hydrogen (secondary N) is 2. The predicted molar refractivity (Wildman–Crippen MR) is 145 cm³/mol. The molecule has 1 aliphatic heterocycles. The van der Waals surface area contributed by atoms with Crippen molar-refractivity contribution in [2.45, 2.75) is 32.4 Å². The molecule has 0 spiro atoms. The number of carbonyl (C=O) groups is 1. The molecule has 1 heterocycles. The molecule has 0 radical (unpaired) electrons. The van der Waals surface area contributed by atoms with E-state index < -0.39 is 0 Å². The van der Waals surface area contributed by atoms with E-state index in [0.29, 0.717) is 23.4 Å². The maximum atomic E-state index is 12.7. The van der Waals surface area contributed by atoms with E-state index >= 15 is 0 Å². The molecule has 36 heavy (non-hydrogen) atoms. The highest BCUT2D eigenvalue weighted by molar-refractivity contribution is 6.14. The summed E-state index contributed by atoms with van der Waals surface area (Å²) in [5, 5.41) is 19.2. The molecular formula is C29H36N4O3. The first kappa shape index (κ1) is 26.9. The second-order valence-corrected chi connectivity index (χ2v) is 8.81. The number of likely N-dealkylation sites (tertiary alicyclic amines) is 1. The van der Waals surface area contributed by atoms with Gasteiger partial charge in [0, 0.05) is 48.6 Å². The lowest BCUT2D eigenvalue weighted by Gasteiger charge is -2.29. The standard InChI is InChI=1S/C27H30N4O2.C2H6O/c1-31-15-13-23(14-16-31)33-22-10-7-20(8-11-22)26(29)24-17-21(9-12-25(24)28)27(32)30-18-19-5-3-2-4-6-19;1-2-3/h2-12,17,23,29H,13-16,18,28H2,1H3,(H,30,32);3H,2H2,1H3. The summed E-state index contributed by atoms with van der Waals surface area (Å²) in [6.45, 7) is 4.46. The summed E-state index contributed by atoms with van der Waals surface area (Å²) in [6, 6.07) is 22.3. The van der Waals surface area contributed by atoms with Crippen LogP contribution in [0.25, 0.3) is 0 Å². The van der Waals surface area contributed by atoms with Crippen LogP contribution in [-0.2, 0) is 6.54 Å². The molecule has 0 unspecified atom stereocenters. The molecule has 0 aliphatic carbocycles. The minimum absolute atomic E-state index is 0.199. The average molecular weight is 489 g/mol. The number of aliphatic hydroxyl groups is 1. The molecule has 7 heteroatoms. The topological polar surface area (TPSA) is 112 Å². The van der Waals surface area contributed by atoms with Crippen molar-refractivity contribution < 1.29 is 14.6 Å². The predicted octanol–water partition coefficient (Wildman–Crippen LogP) is 4.09. The van der Waals surface area contributed by atoms with Gasteiger partial charge in [-0.25, -0.2) is 0 Å². The van der Waals surface area contributed by atoms with Crippen LogP contribution in [0.15, 0.2) is 72.8 Å². The van der Waals surface area contributed by atoms with Crippen molar-refractivity contribution in [2.75, 3.05) is 32.5 Å². The van der Waals surface area contributed by atoms with Crippen molar-refractivity contribution in [2.24, 2.45) is 0 Å². The van der Waals surface area contributed by atoms with E-state index in [1.54, 1.807) is 25.1 Å². The Morgan fingerprint density at radius 1 is 1.06 bits per heavy atom. The number of nitrogen functional groups attached to an aromatic ring is 1. The zero-order valence-corrected chi connectivity index (χ0v) is 21.0. The Hall–Kier alpha value is -3.68. The molecule has 4 rings (SSSR count). The van der Waals surface area contributed by atoms with Gasteiger partial charge in [-0.15, -0.1) is 0 Å². The smallest absolute Gasteiger partial charge is 0.251 e. The number of anilines is 1. The number of carbonyl (C=O) groups excluding carboxylic acids is 1. The second-order valence-electron chi connectivity index (χ2n) is 8.81. The van der Waals surface area contributed by atoms with Gasteiger partial charge in [-0.05, 0) is 74.8 Å². The van der Waals surface area contributed by atoms with Crippen molar-refractivity contribution in [3.63, 3.8) is 0 Å². The van der Waals surface area contributed by atoms with Crippen LogP contribution < -0.4 is 15.8 Å². The van der Waals surface area contributed by atoms with Crippen LogP contribution in [-0.4, -0.2) is 54.5 Å². The lowest BCUT2D eigenvalue weighted by molar-refractivity contribution is 0.0951. The van der Waals surface area contributed by atoms with E-state index in [4.69, 9.17) is 21.0 Å². The van der Waals surface area contributed by atoms with Gasteiger partial charge in [0.05, 0.1) is 5.71 Å². The minimum atomic E-state index is -0.199. The van der Waals surface area contributed by atoms with Gasteiger partial charge in [-0.1, -0.05) is 30.3 Å². The number of nitrogens with zero attached hydrogens (tertiary/aromatic N) is 1. The zero-order valence-electron chi connectivity index (χ0n) is 21.0. The molecule has 1 fully saturated rings. The van der Waals surface area contributed by atoms with E-state index in [2.05, 4.69) is 17.3 Å². The van der Waals surface area contributed by atoms with Crippen molar-refractivity contribution in [3.05, 3.63) is 95.1 Å². The summed E-state index contributed by atoms with van der Waals surface area (Å²) in [5.74, 6) is 0.609. The molecule has 3 aromatic rings. The normalized spacial score (nSPS) is 13.9. The first-order valence-corrected chi connectivity index (χ1v) is 12.3. The number of hydrogen-bond acceptors (Lipinski definition) is 6. The molecule has 0 atom stereocenters. The highest BCUT2D eigenvalue weighted by Gasteiger charge is 2.18. The molecular weight excluding hydrogens is 452 g/mol. The molecule has 190 valence electrons. The fraction of sp³-hybridized carbons (Fsp3) is 0.310. The van der Waals surface area contributed by atoms with Gasteiger partial charge in [0.15, 0.2) is 0 Å². The molecule has 1 amide bonds. The number of nitrogens with two attached hydrogens (primary N) is 1. The first-order valence-electron chi connectivity index (χ1n) is 12.3. The van der Waals surface area contributed by atoms with Crippen molar-refractivity contribution in [1.82, 2.24) is 10.2 Å². The van der Waals surface area contributed by atoms with E-state index in [-0.39, 0.29) is 24.3 Å². The van der Waals surface area contributed by atoms with Crippen LogP contribution in [0, 0.1) is 5.41 Å². The van der Waals surface area contributed by atoms with Crippen molar-refractivity contribution in [1.29, 1.82) is 5.41 Å². The number of hydrogen-bond donors (Lipinski definition) is 4. The van der Waals surface area contributed by atoms with Gasteiger partial charge in [-0.2, -0.15) is 0 Å². The Morgan fingerprint density at radius 2 is 1.67 bits per heavy atom. The largest absolute Gasteiger partial charge is 0.490 e. The lowest BCUT2D eigenvalue weighted by atomic mass is 9.98. The molecule has 5 N–H and O–H groups in total. The highest BCUT2D eigenvalue weighted by Crippen LogP contribution is 2.23. The molecule has 0 saturated carbocycles. The average Bonchev–Trinajstić information content (AvgIpc) is 2.90. The Labute approximate surface area is 213 Å². The van der Waals surface area contributed by atoms with E-state index in [9.17, 15) is 4.79 Å². The van der Waals surface area contributed by atoms with E-state index in [0.717, 1.165) is 42.8 Å². The molecule has 0 bridgehead atoms. The first-order chi connectivity index (χ1) is 17.4. The quantitative estimate of drug-likeness (QED) is 0.296. The Kier molecular flexibility index (Phi) is 10.0. The van der Waals surface area contributed by atoms with Crippen molar-refractivity contribution in [3.8, 4) is 5.75 Å². The number of piperidine rings is 1. The van der Waals surface area contributed by atoms with Gasteiger partial charge in [0.2, 0.25) is 0 Å². The third-order valence-corrected chi connectivity index (χ3v) is 5.99. The molecule has 0 aromatic heterocycles. The van der Waals surface area contributed by atoms with Gasteiger partial charge in [0.25, 0.3) is 5.91 Å². The number of amides is 1. The van der Waals surface area contributed by atoms with Crippen LogP contribution >= 0.6 is 0 Å². The van der Waals surface area contributed by atoms with Crippen LogP contribution in [0.5, 0.6) is 5.75 Å². The summed E-state index contributed by atoms with van der Waals surface area (Å²) in [4.78, 5) is 15.0. The number of ether oxygens (including phenoxy) is 1. The van der Waals surface area contributed by atoms with Crippen LogP contribution in [0.1, 0.15) is 46.8 Å². The van der Waals surface area contributed by atoms with Gasteiger partial charge >= 0.3 is 0 Å². The summed E-state index contributed by atoms with van der Waals surface area (Å²) in [7, 11) is 2.13. The number of benzene rings is 3. The van der Waals surface area contributed by atoms with Crippen molar-refractivity contribution >= 4 is 17.3 Å². The van der Waals surface area contributed by atoms with Crippen LogP contribution in [0.3, 0.4) is 0 Å². The Balaban J connectivity index is 0.00000115. The molecule has 3 aromatic carbocycles. The molecule has 7 nitrogen and oxygen atoms in total. The minimum Gasteiger partial charge on any atom is -0.490 e. The SMILES string of the molecule is CCO.CN1CCC(Oc2ccc(C(=N)c3cc(C(=O)NCc4ccccc4)ccc3N)cc2)CC1. The summed E-state index contributed by atoms with van der Waals surface area (Å²) >= 11 is 0. The third kappa shape index (κ3) is 7.66. The fourth-order valence-electron chi connectivity index (χ4n) is 3.95. The maximum absolute atomic E-state index is 12.7. The Bertz CT molecular complexity index is 1130. The van der Waals surface area contributed by atoms with Crippen LogP contribution in [0.4, 0.5) is 5.69 Å². The second kappa shape index (κ2) is 13.4. The number of rotatable bonds is 7. The summed E-state index contributed by atoms with van der Waals surface area (Å²) in [6.07, 6.45) is 2.27.